The summed E-state index contributed by atoms with van der Waals surface area (Å²) in [5.74, 6) is -2.45. The van der Waals surface area contributed by atoms with Crippen molar-refractivity contribution < 1.29 is 98.9 Å². The van der Waals surface area contributed by atoms with Crippen LogP contribution in [0.2, 0.25) is 0 Å². The number of alkyl halides is 1. The van der Waals surface area contributed by atoms with Gasteiger partial charge in [-0.05, 0) is 52.7 Å². The Balaban J connectivity index is -0.0000000596. The Labute approximate surface area is 382 Å². The summed E-state index contributed by atoms with van der Waals surface area (Å²) in [5.41, 5.74) is 14.8. The number of H-pyrrole nitrogens is 1. The second kappa shape index (κ2) is 59.1. The number of nitrogens with two attached hydrogens (primary N) is 3. The molecule has 11 N–H and O–H groups in total. The number of nitrogens with zero attached hydrogens (tertiary/aromatic N) is 1. The first-order valence-electron chi connectivity index (χ1n) is 16.6. The van der Waals surface area contributed by atoms with E-state index in [0.717, 1.165) is 24.2 Å². The standard InChI is InChI=1S/C9H14O3.C8H11N3O.2C6H10O3.C4H9.C3H5Br.CH5N3.Li.Na.H2O.H/c1-3-5-6-8(10)7-9(11)12-4-2;1-2-3-4-6-5-7(12)11-8(9)10-6;2*1-3-9-6(8)4-5(2)7;1-3-4-2;1-2-3-4;2-1(3)4;;;;/h3H,1,4-7H2,2H3;2,5H,1,3-4H2,(H3,9,10,11,12);3-4H2,1-2H3;4,7-8H,2-3H2,1H3;1,3-4H2,2H3;2H,1,3H2;(H5,2,3,4);;;1H2;/q;;;;-1;;;2*+1;;-1/p-1. The molecule has 0 aliphatic rings. The van der Waals surface area contributed by atoms with Crippen molar-refractivity contribution >= 4 is 51.3 Å². The molecule has 0 aliphatic heterocycles. The first-order valence-corrected chi connectivity index (χ1v) is 17.8. The van der Waals surface area contributed by atoms with E-state index in [0.29, 0.717) is 38.2 Å². The summed E-state index contributed by atoms with van der Waals surface area (Å²) in [6.07, 6.45) is 10.6. The molecule has 320 valence electrons. The van der Waals surface area contributed by atoms with Crippen molar-refractivity contribution in [3.63, 3.8) is 0 Å². The van der Waals surface area contributed by atoms with E-state index in [9.17, 15) is 34.2 Å². The van der Waals surface area contributed by atoms with E-state index in [1.807, 2.05) is 0 Å². The minimum Gasteiger partial charge on any atom is -1.00 e. The molecule has 0 fully saturated rings. The molecular weight excluding hydrogens is 814 g/mol. The molecule has 17 nitrogen and oxygen atoms in total. The number of hydrogen-bond acceptors (Lipinski definition) is 13. The van der Waals surface area contributed by atoms with Gasteiger partial charge in [-0.1, -0.05) is 54.4 Å². The summed E-state index contributed by atoms with van der Waals surface area (Å²) in [6, 6.07) is 1.44. The van der Waals surface area contributed by atoms with Gasteiger partial charge in [0.25, 0.3) is 5.56 Å². The van der Waals surface area contributed by atoms with Gasteiger partial charge in [-0.25, -0.2) is 4.98 Å². The number of unbranched alkanes of at least 4 members (excludes halogenated alkanes) is 1. The number of esters is 2. The zero-order chi connectivity index (χ0) is 43.3. The van der Waals surface area contributed by atoms with Crippen molar-refractivity contribution in [3.8, 4) is 0 Å². The Morgan fingerprint density at radius 3 is 1.70 bits per heavy atom. The smallest absolute Gasteiger partial charge is 1.00 e. The predicted octanol–water partition coefficient (Wildman–Crippen LogP) is -3.20. The molecule has 1 rings (SSSR count). The van der Waals surface area contributed by atoms with Crippen LogP contribution >= 0.6 is 15.9 Å². The number of anilines is 1. The van der Waals surface area contributed by atoms with Crippen molar-refractivity contribution in [2.24, 2.45) is 11.5 Å². The van der Waals surface area contributed by atoms with E-state index in [-0.39, 0.29) is 104 Å². The average molecular weight is 881 g/mol. The van der Waals surface area contributed by atoms with Crippen LogP contribution in [-0.4, -0.2) is 64.6 Å². The number of carbonyl (C=O) groups excluding carboxylic acids is 4. The van der Waals surface area contributed by atoms with Crippen LogP contribution in [0, 0.1) is 12.3 Å². The van der Waals surface area contributed by atoms with E-state index < -0.39 is 23.6 Å². The van der Waals surface area contributed by atoms with Crippen LogP contribution in [0.5, 0.6) is 0 Å². The molecule has 0 aliphatic carbocycles. The van der Waals surface area contributed by atoms with Crippen LogP contribution in [0.1, 0.15) is 86.7 Å². The molecule has 0 unspecified atom stereocenters. The monoisotopic (exact) mass is 879 g/mol. The summed E-state index contributed by atoms with van der Waals surface area (Å²) < 4.78 is 13.5. The maximum atomic E-state index is 10.9. The van der Waals surface area contributed by atoms with E-state index >= 15 is 0 Å². The molecular formula is C37H66BrLiN6NaO11-. The fourth-order valence-electron chi connectivity index (χ4n) is 2.36. The van der Waals surface area contributed by atoms with Crippen molar-refractivity contribution in [3.05, 3.63) is 91.4 Å². The van der Waals surface area contributed by atoms with Crippen molar-refractivity contribution in [2.75, 3.05) is 30.9 Å². The summed E-state index contributed by atoms with van der Waals surface area (Å²) in [7, 11) is 0. The number of carbonyl (C=O) groups is 4. The van der Waals surface area contributed by atoms with Gasteiger partial charge < -0.3 is 55.5 Å². The topological polar surface area (TPSA) is 323 Å². The van der Waals surface area contributed by atoms with Crippen LogP contribution in [0.15, 0.2) is 73.2 Å². The van der Waals surface area contributed by atoms with E-state index in [1.54, 1.807) is 39.0 Å². The number of nitrogens with one attached hydrogen (secondary N) is 2. The molecule has 20 heteroatoms. The molecule has 0 saturated carbocycles. The predicted molar refractivity (Wildman–Crippen MR) is 221 cm³/mol. The molecule has 1 heterocycles. The van der Waals surface area contributed by atoms with Crippen LogP contribution in [0.4, 0.5) is 5.95 Å². The van der Waals surface area contributed by atoms with Crippen LogP contribution in [-0.2, 0) is 45.3 Å². The van der Waals surface area contributed by atoms with Gasteiger partial charge in [-0.2, -0.15) is 6.42 Å². The third-order valence-electron chi connectivity index (χ3n) is 4.42. The fourth-order valence-corrected chi connectivity index (χ4v) is 2.36. The van der Waals surface area contributed by atoms with Crippen molar-refractivity contribution in [1.29, 1.82) is 5.41 Å². The second-order valence-electron chi connectivity index (χ2n) is 9.60. The number of guanidine groups is 1. The molecule has 0 spiro atoms. The van der Waals surface area contributed by atoms with Gasteiger partial charge in [0.05, 0.1) is 24.9 Å². The first-order chi connectivity index (χ1) is 25.3. The second-order valence-corrected chi connectivity index (χ2v) is 10.2. The van der Waals surface area contributed by atoms with Gasteiger partial charge in [0, 0.05) is 17.8 Å². The van der Waals surface area contributed by atoms with Crippen LogP contribution in [0.3, 0.4) is 0 Å². The summed E-state index contributed by atoms with van der Waals surface area (Å²) >= 11 is 3.13. The van der Waals surface area contributed by atoms with E-state index in [1.165, 1.54) is 19.4 Å². The molecule has 57 heavy (non-hydrogen) atoms. The summed E-state index contributed by atoms with van der Waals surface area (Å²) in [4.78, 5) is 59.5. The minimum atomic E-state index is -0.627. The molecule has 0 bridgehead atoms. The average Bonchev–Trinajstić information content (AvgIpc) is 3.06. The Bertz CT molecular complexity index is 1300. The van der Waals surface area contributed by atoms with Crippen LogP contribution < -0.4 is 81.4 Å². The number of aromatic nitrogens is 2. The number of hydrogen-bond donors (Lipinski definition) is 5. The van der Waals surface area contributed by atoms with Crippen molar-refractivity contribution in [2.45, 2.75) is 86.0 Å². The largest absolute Gasteiger partial charge is 1.00 e. The maximum absolute atomic E-state index is 10.9. The van der Waals surface area contributed by atoms with Gasteiger partial charge in [-0.3, -0.25) is 34.4 Å². The molecule has 0 aromatic carbocycles. The number of aryl methyl sites for hydroxylation is 1. The number of halogens is 1. The maximum Gasteiger partial charge on any atom is 1.00 e. The van der Waals surface area contributed by atoms with Crippen LogP contribution in [0.25, 0.3) is 0 Å². The first kappa shape index (κ1) is 74.3. The van der Waals surface area contributed by atoms with E-state index in [4.69, 9.17) is 11.1 Å². The molecule has 1 aromatic rings. The molecule has 0 saturated heterocycles. The van der Waals surface area contributed by atoms with Crippen molar-refractivity contribution in [1.82, 2.24) is 9.97 Å². The van der Waals surface area contributed by atoms with Gasteiger partial charge in [-0.15, -0.1) is 32.1 Å². The summed E-state index contributed by atoms with van der Waals surface area (Å²) in [6.45, 7) is 26.6. The fraction of sp³-hybridized carbons (Fsp3) is 0.459. The third kappa shape index (κ3) is 85.7. The zero-order valence-electron chi connectivity index (χ0n) is 36.1. The van der Waals surface area contributed by atoms with Gasteiger partial charge in [0.15, 0.2) is 5.96 Å². The SMILES string of the molecule is C=C([O-])C=C([O-])OCC.C=CCBr.C=CCCC(=O)CC(=O)OCC.C=CCCc1cc(=O)[nH]c(N)n1.CCOC(=O)CC(C)=O.N=C(N)N.[CH2-]CCC.[H-].[Li+].[Na+].[OH3+]. The minimum absolute atomic E-state index is 0. The number of ketones is 2. The summed E-state index contributed by atoms with van der Waals surface area (Å²) in [5, 5.41) is 27.3. The van der Waals surface area contributed by atoms with E-state index in [2.05, 4.69) is 91.7 Å². The normalized spacial score (nSPS) is 8.44. The quantitative estimate of drug-likeness (QED) is 0.00880. The number of Topliss-reactive ketones (excluding diaryl/α,β-unsaturated/α-hetero) is 2. The number of nitrogen functional groups attached to an aromatic ring is 1. The number of rotatable bonds is 17. The number of allylic oxidation sites excluding steroid dienone is 4. The number of aromatic amines is 1. The molecule has 1 aromatic heterocycles. The molecule has 0 radical (unpaired) electrons. The number of ether oxygens (including phenoxy) is 3. The Morgan fingerprint density at radius 1 is 0.965 bits per heavy atom. The zero-order valence-corrected chi connectivity index (χ0v) is 38.7. The molecule has 0 amide bonds. The Morgan fingerprint density at radius 2 is 1.39 bits per heavy atom. The van der Waals surface area contributed by atoms with Gasteiger partial charge in [0.2, 0.25) is 5.95 Å². The Kier molecular flexibility index (Phi) is 77.0. The van der Waals surface area contributed by atoms with Gasteiger partial charge >= 0.3 is 60.4 Å². The van der Waals surface area contributed by atoms with Gasteiger partial charge in [0.1, 0.15) is 24.4 Å². The molecule has 0 atom stereocenters. The Hall–Kier alpha value is -3.63. The third-order valence-corrected chi connectivity index (χ3v) is 4.88.